The lowest BCUT2D eigenvalue weighted by atomic mass is 9.79. The molecule has 8 heteroatoms. The zero-order chi connectivity index (χ0) is 43.0. The molecule has 1 fully saturated rings. The first kappa shape index (κ1) is 56.2. The number of carbonyl (C=O) groups excluding carboxylic acids is 1. The minimum absolute atomic E-state index is 0.0581. The number of amides is 1. The minimum atomic E-state index is -1.36. The molecule has 7 atom stereocenters. The molecule has 59 heavy (non-hydrogen) atoms. The fraction of sp³-hybridized carbons (Fsp3) is 0.980. The van der Waals surface area contributed by atoms with Gasteiger partial charge in [0, 0.05) is 31.5 Å². The quantitative estimate of drug-likeness (QED) is 0.0303. The second-order valence-corrected chi connectivity index (χ2v) is 19.0. The summed E-state index contributed by atoms with van der Waals surface area (Å²) in [7, 11) is 0. The topological polar surface area (TPSA) is 142 Å². The Morgan fingerprint density at radius 2 is 0.831 bits per heavy atom. The lowest BCUT2D eigenvalue weighted by Gasteiger charge is -2.41. The van der Waals surface area contributed by atoms with Crippen LogP contribution in [0, 0.1) is 5.92 Å². The number of rotatable bonds is 44. The van der Waals surface area contributed by atoms with Crippen LogP contribution in [0.5, 0.6) is 0 Å². The highest BCUT2D eigenvalue weighted by Crippen LogP contribution is 2.26. The fourth-order valence-electron chi connectivity index (χ4n) is 9.19. The minimum Gasteiger partial charge on any atom is -0.396 e. The van der Waals surface area contributed by atoms with Crippen LogP contribution in [-0.4, -0.2) is 81.1 Å². The molecule has 0 aliphatic heterocycles. The van der Waals surface area contributed by atoms with Gasteiger partial charge in [-0.15, -0.1) is 0 Å². The van der Waals surface area contributed by atoms with Crippen LogP contribution in [0.3, 0.4) is 0 Å². The lowest BCUT2D eigenvalue weighted by molar-refractivity contribution is -0.131. The Balaban J connectivity index is 2.19. The van der Waals surface area contributed by atoms with Gasteiger partial charge in [-0.1, -0.05) is 239 Å². The average molecular weight is 839 g/mol. The second-order valence-electron chi connectivity index (χ2n) is 19.0. The predicted molar refractivity (Wildman–Crippen MR) is 250 cm³/mol. The van der Waals surface area contributed by atoms with Crippen molar-refractivity contribution in [2.75, 3.05) is 13.2 Å². The molecule has 0 saturated heterocycles. The van der Waals surface area contributed by atoms with E-state index in [2.05, 4.69) is 24.5 Å². The number of hydrogen-bond donors (Lipinski definition) is 7. The smallest absolute Gasteiger partial charge is 0.220 e. The van der Waals surface area contributed by atoms with Gasteiger partial charge in [-0.25, -0.2) is 0 Å². The maximum absolute atomic E-state index is 13.1. The maximum atomic E-state index is 13.1. The van der Waals surface area contributed by atoms with E-state index in [0.717, 1.165) is 38.5 Å². The molecule has 7 N–H and O–H groups in total. The van der Waals surface area contributed by atoms with E-state index in [-0.39, 0.29) is 19.1 Å². The van der Waals surface area contributed by atoms with Crippen molar-refractivity contribution in [2.45, 2.75) is 301 Å². The summed E-state index contributed by atoms with van der Waals surface area (Å²) in [5.74, 6) is -0.606. The molecule has 8 nitrogen and oxygen atoms in total. The van der Waals surface area contributed by atoms with Gasteiger partial charge in [-0.05, 0) is 19.3 Å². The molecule has 0 unspecified atom stereocenters. The number of nitrogens with one attached hydrogen (secondary N) is 2. The molecule has 1 aliphatic rings. The number of unbranched alkanes of at least 4 members (excludes halogenated alkanes) is 34. The monoisotopic (exact) mass is 839 g/mol. The van der Waals surface area contributed by atoms with Gasteiger partial charge >= 0.3 is 0 Å². The highest BCUT2D eigenvalue weighted by Gasteiger charge is 2.42. The Hall–Kier alpha value is -0.770. The van der Waals surface area contributed by atoms with Gasteiger partial charge in [0.25, 0.3) is 0 Å². The van der Waals surface area contributed by atoms with Crippen LogP contribution in [0.2, 0.25) is 0 Å². The molecule has 0 bridgehead atoms. The summed E-state index contributed by atoms with van der Waals surface area (Å²) >= 11 is 0. The van der Waals surface area contributed by atoms with Crippen LogP contribution in [-0.2, 0) is 4.79 Å². The van der Waals surface area contributed by atoms with Crippen LogP contribution in [0.25, 0.3) is 0 Å². The van der Waals surface area contributed by atoms with Crippen molar-refractivity contribution in [1.82, 2.24) is 10.6 Å². The molecule has 0 radical (unpaired) electrons. The summed E-state index contributed by atoms with van der Waals surface area (Å²) in [6.07, 6.45) is 44.2. The normalized spacial score (nSPS) is 20.6. The summed E-state index contributed by atoms with van der Waals surface area (Å²) < 4.78 is 0. The molecule has 352 valence electrons. The molecule has 0 spiro atoms. The fourth-order valence-corrected chi connectivity index (χ4v) is 9.19. The molecular formula is C51H102N2O6. The Morgan fingerprint density at radius 1 is 0.492 bits per heavy atom. The van der Waals surface area contributed by atoms with E-state index in [4.69, 9.17) is 0 Å². The first-order chi connectivity index (χ1) is 28.8. The molecule has 0 aromatic carbocycles. The zero-order valence-corrected chi connectivity index (χ0v) is 39.2. The number of carbonyl (C=O) groups is 1. The first-order valence-corrected chi connectivity index (χ1v) is 26.2. The van der Waals surface area contributed by atoms with Crippen molar-refractivity contribution < 1.29 is 30.3 Å². The van der Waals surface area contributed by atoms with Gasteiger partial charge in [0.15, 0.2) is 0 Å². The van der Waals surface area contributed by atoms with Gasteiger partial charge in [-0.2, -0.15) is 0 Å². The van der Waals surface area contributed by atoms with Gasteiger partial charge < -0.3 is 36.2 Å². The molecular weight excluding hydrogens is 737 g/mol. The van der Waals surface area contributed by atoms with Crippen LogP contribution in [0.4, 0.5) is 0 Å². The first-order valence-electron chi connectivity index (χ1n) is 26.2. The van der Waals surface area contributed by atoms with E-state index >= 15 is 0 Å². The van der Waals surface area contributed by atoms with Crippen LogP contribution in [0.15, 0.2) is 0 Å². The maximum Gasteiger partial charge on any atom is 0.220 e. The third-order valence-corrected chi connectivity index (χ3v) is 13.4. The molecule has 0 aromatic heterocycles. The second kappa shape index (κ2) is 41.3. The number of aliphatic hydroxyl groups is 5. The third-order valence-electron chi connectivity index (χ3n) is 13.4. The molecule has 1 aliphatic carbocycles. The van der Waals surface area contributed by atoms with E-state index in [1.807, 2.05) is 0 Å². The van der Waals surface area contributed by atoms with Gasteiger partial charge in [-0.3, -0.25) is 4.79 Å². The van der Waals surface area contributed by atoms with Crippen molar-refractivity contribution in [3.8, 4) is 0 Å². The standard InChI is InChI=1S/C51H102N2O6/c1-3-5-7-9-11-13-15-17-18-19-20-21-22-23-24-25-26-27-28-30-32-34-36-38-40-48(56)53-46(42-52-45-41-44(43-54)49(57)51(59)50(45)58)47(55)39-37-35-33-31-29-16-14-12-10-8-6-4-2/h44-47,49-52,54-55,57-59H,3-43H2,1-2H3,(H,53,56)/t44-,45+,46+,47-,49+,50+,51+/m1/s1. The lowest BCUT2D eigenvalue weighted by Crippen LogP contribution is -2.61. The highest BCUT2D eigenvalue weighted by atomic mass is 16.4. The van der Waals surface area contributed by atoms with Crippen LogP contribution >= 0.6 is 0 Å². The van der Waals surface area contributed by atoms with Crippen LogP contribution in [0.1, 0.15) is 264 Å². The van der Waals surface area contributed by atoms with Crippen molar-refractivity contribution in [3.05, 3.63) is 0 Å². The van der Waals surface area contributed by atoms with Gasteiger partial charge in [0.2, 0.25) is 5.91 Å². The number of aliphatic hydroxyl groups excluding tert-OH is 5. The predicted octanol–water partition coefficient (Wildman–Crippen LogP) is 11.7. The Bertz CT molecular complexity index is 892. The summed E-state index contributed by atoms with van der Waals surface area (Å²) in [5, 5.41) is 58.5. The summed E-state index contributed by atoms with van der Waals surface area (Å²) in [5.41, 5.74) is 0. The van der Waals surface area contributed by atoms with E-state index in [1.165, 1.54) is 193 Å². The zero-order valence-electron chi connectivity index (χ0n) is 39.2. The SMILES string of the molecule is CCCCCCCCCCCCCCCCCCCCCCCCCCC(=O)N[C@@H](CN[C@H]1C[C@H](CO)[C@H](O)[C@H](O)[C@H]1O)[C@H](O)CCCCCCCCCCCCCC. The van der Waals surface area contributed by atoms with Crippen molar-refractivity contribution in [1.29, 1.82) is 0 Å². The summed E-state index contributed by atoms with van der Waals surface area (Å²) in [4.78, 5) is 13.1. The average Bonchev–Trinajstić information content (AvgIpc) is 3.23. The Morgan fingerprint density at radius 3 is 1.19 bits per heavy atom. The van der Waals surface area contributed by atoms with E-state index < -0.39 is 42.4 Å². The molecule has 1 saturated carbocycles. The van der Waals surface area contributed by atoms with Gasteiger partial charge in [0.1, 0.15) is 6.10 Å². The van der Waals surface area contributed by atoms with E-state index in [9.17, 15) is 30.3 Å². The van der Waals surface area contributed by atoms with Crippen molar-refractivity contribution >= 4 is 5.91 Å². The summed E-state index contributed by atoms with van der Waals surface area (Å²) in [6.45, 7) is 4.50. The summed E-state index contributed by atoms with van der Waals surface area (Å²) in [6, 6.07) is -1.08. The Labute approximate surface area is 365 Å². The largest absolute Gasteiger partial charge is 0.396 e. The van der Waals surface area contributed by atoms with Gasteiger partial charge in [0.05, 0.1) is 24.4 Å². The van der Waals surface area contributed by atoms with Crippen molar-refractivity contribution in [2.24, 2.45) is 5.92 Å². The molecule has 1 amide bonds. The Kier molecular flexibility index (Phi) is 39.3. The molecule has 0 heterocycles. The third kappa shape index (κ3) is 31.7. The molecule has 1 rings (SSSR count). The molecule has 0 aromatic rings. The van der Waals surface area contributed by atoms with E-state index in [0.29, 0.717) is 19.3 Å². The highest BCUT2D eigenvalue weighted by molar-refractivity contribution is 5.76. The van der Waals surface area contributed by atoms with E-state index in [1.54, 1.807) is 0 Å². The van der Waals surface area contributed by atoms with Crippen LogP contribution < -0.4 is 10.6 Å². The van der Waals surface area contributed by atoms with Crippen molar-refractivity contribution in [3.63, 3.8) is 0 Å². The number of hydrogen-bond acceptors (Lipinski definition) is 7.